The van der Waals surface area contributed by atoms with E-state index in [2.05, 4.69) is 4.98 Å². The molecule has 154 valence electrons. The van der Waals surface area contributed by atoms with Crippen molar-refractivity contribution in [2.45, 2.75) is 0 Å². The Morgan fingerprint density at radius 2 is 1.44 bits per heavy atom. The van der Waals surface area contributed by atoms with Crippen molar-refractivity contribution >= 4 is 33.2 Å². The zero-order chi connectivity index (χ0) is 22.2. The third kappa shape index (κ3) is 3.29. The largest absolute Gasteiger partial charge is 0.270 e. The summed E-state index contributed by atoms with van der Waals surface area (Å²) in [6.45, 7) is 0. The van der Waals surface area contributed by atoms with E-state index in [1.54, 1.807) is 30.5 Å². The molecule has 8 heteroatoms. The van der Waals surface area contributed by atoms with Crippen molar-refractivity contribution < 1.29 is 9.85 Å². The summed E-state index contributed by atoms with van der Waals surface area (Å²) in [6, 6.07) is 22.0. The van der Waals surface area contributed by atoms with Gasteiger partial charge in [-0.25, -0.2) is 4.98 Å². The van der Waals surface area contributed by atoms with Gasteiger partial charge in [0.15, 0.2) is 0 Å². The summed E-state index contributed by atoms with van der Waals surface area (Å²) in [5.74, 6) is 0. The number of hydrogen-bond donors (Lipinski definition) is 0. The minimum absolute atomic E-state index is 0.00227. The second-order valence-electron chi connectivity index (χ2n) is 7.20. The number of nitrogens with zero attached hydrogens (tertiary/aromatic N) is 4. The fourth-order valence-corrected chi connectivity index (χ4v) is 3.81. The summed E-state index contributed by atoms with van der Waals surface area (Å²) in [4.78, 5) is 30.6. The summed E-state index contributed by atoms with van der Waals surface area (Å²) in [5, 5.41) is 24.1. The van der Waals surface area contributed by atoms with Gasteiger partial charge in [-0.15, -0.1) is 0 Å². The minimum atomic E-state index is -0.443. The molecule has 0 fully saturated rings. The second kappa shape index (κ2) is 7.51. The van der Waals surface area contributed by atoms with Crippen LogP contribution in [0, 0.1) is 20.2 Å². The van der Waals surface area contributed by atoms with Crippen LogP contribution < -0.4 is 0 Å². The van der Waals surface area contributed by atoms with E-state index < -0.39 is 9.85 Å². The third-order valence-electron chi connectivity index (χ3n) is 5.30. The molecule has 0 aliphatic rings. The molecule has 0 radical (unpaired) electrons. The van der Waals surface area contributed by atoms with Gasteiger partial charge in [0.2, 0.25) is 0 Å². The maximum Gasteiger partial charge on any atom is 0.270 e. The molecule has 2 heterocycles. The van der Waals surface area contributed by atoms with Crippen LogP contribution >= 0.6 is 0 Å². The molecule has 8 nitrogen and oxygen atoms in total. The molecule has 2 aromatic heterocycles. The van der Waals surface area contributed by atoms with Gasteiger partial charge in [0.05, 0.1) is 26.6 Å². The van der Waals surface area contributed by atoms with E-state index >= 15 is 0 Å². The molecule has 0 N–H and O–H groups in total. The molecule has 0 aliphatic heterocycles. The van der Waals surface area contributed by atoms with Crippen molar-refractivity contribution in [3.05, 3.63) is 105 Å². The normalized spacial score (nSPS) is 11.0. The van der Waals surface area contributed by atoms with Gasteiger partial charge < -0.3 is 0 Å². The van der Waals surface area contributed by atoms with Crippen molar-refractivity contribution in [3.63, 3.8) is 0 Å². The highest BCUT2D eigenvalue weighted by molar-refractivity contribution is 6.12. The van der Waals surface area contributed by atoms with E-state index in [-0.39, 0.29) is 11.4 Å². The minimum Gasteiger partial charge on any atom is -0.258 e. The molecule has 0 spiro atoms. The van der Waals surface area contributed by atoms with Gasteiger partial charge in [0.25, 0.3) is 11.4 Å². The van der Waals surface area contributed by atoms with Crippen LogP contribution in [0.3, 0.4) is 0 Å². The van der Waals surface area contributed by atoms with Gasteiger partial charge in [0, 0.05) is 46.8 Å². The molecule has 0 amide bonds. The summed E-state index contributed by atoms with van der Waals surface area (Å²) in [5.41, 5.74) is 4.22. The Morgan fingerprint density at radius 3 is 2.19 bits per heavy atom. The first kappa shape index (κ1) is 19.3. The van der Waals surface area contributed by atoms with Gasteiger partial charge in [0.1, 0.15) is 0 Å². The summed E-state index contributed by atoms with van der Waals surface area (Å²) < 4.78 is 0. The van der Waals surface area contributed by atoms with Crippen LogP contribution in [0.2, 0.25) is 0 Å². The number of non-ortho nitro benzene ring substituents is 2. The molecule has 0 unspecified atom stereocenters. The molecule has 32 heavy (non-hydrogen) atoms. The van der Waals surface area contributed by atoms with E-state index in [9.17, 15) is 20.2 Å². The summed E-state index contributed by atoms with van der Waals surface area (Å²) in [7, 11) is 0. The first-order valence-corrected chi connectivity index (χ1v) is 9.69. The summed E-state index contributed by atoms with van der Waals surface area (Å²) >= 11 is 0. The molecular formula is C24H14N4O4. The average molecular weight is 422 g/mol. The van der Waals surface area contributed by atoms with E-state index in [1.807, 2.05) is 30.3 Å². The predicted molar refractivity (Wildman–Crippen MR) is 121 cm³/mol. The van der Waals surface area contributed by atoms with E-state index in [4.69, 9.17) is 4.98 Å². The lowest BCUT2D eigenvalue weighted by atomic mass is 9.95. The number of aromatic nitrogens is 2. The Labute approximate surface area is 181 Å². The first-order chi connectivity index (χ1) is 15.5. The number of rotatable bonds is 4. The Morgan fingerprint density at radius 1 is 0.688 bits per heavy atom. The predicted octanol–water partition coefficient (Wildman–Crippen LogP) is 5.93. The average Bonchev–Trinajstić information content (AvgIpc) is 2.83. The molecule has 5 aromatic rings. The highest BCUT2D eigenvalue weighted by Gasteiger charge is 2.15. The van der Waals surface area contributed by atoms with Crippen LogP contribution in [-0.4, -0.2) is 19.8 Å². The molecule has 0 aliphatic carbocycles. The molecule has 0 saturated carbocycles. The van der Waals surface area contributed by atoms with Crippen LogP contribution in [0.25, 0.3) is 44.2 Å². The second-order valence-corrected chi connectivity index (χ2v) is 7.20. The fraction of sp³-hybridized carbons (Fsp3) is 0. The molecule has 0 saturated heterocycles. The standard InChI is InChI=1S/C24H14N4O4/c29-27(30)17-8-6-15(7-9-17)20-14-23(16-3-1-4-18(13-16)28(31)32)26-22-11-10-21-19(24(20)22)5-2-12-25-21/h1-14H. The van der Waals surface area contributed by atoms with E-state index in [1.165, 1.54) is 24.3 Å². The van der Waals surface area contributed by atoms with Crippen molar-refractivity contribution in [2.24, 2.45) is 0 Å². The van der Waals surface area contributed by atoms with E-state index in [0.717, 1.165) is 27.4 Å². The zero-order valence-corrected chi connectivity index (χ0v) is 16.5. The molecular weight excluding hydrogens is 408 g/mol. The first-order valence-electron chi connectivity index (χ1n) is 9.69. The molecule has 3 aromatic carbocycles. The number of nitro groups is 2. The zero-order valence-electron chi connectivity index (χ0n) is 16.5. The van der Waals surface area contributed by atoms with Gasteiger partial charge in [-0.2, -0.15) is 0 Å². The van der Waals surface area contributed by atoms with E-state index in [0.29, 0.717) is 16.8 Å². The van der Waals surface area contributed by atoms with Crippen LogP contribution in [0.1, 0.15) is 0 Å². The van der Waals surface area contributed by atoms with Crippen LogP contribution in [0.5, 0.6) is 0 Å². The van der Waals surface area contributed by atoms with Gasteiger partial charge >= 0.3 is 0 Å². The maximum atomic E-state index is 11.2. The van der Waals surface area contributed by atoms with Crippen molar-refractivity contribution in [3.8, 4) is 22.4 Å². The SMILES string of the molecule is O=[N+]([O-])c1ccc(-c2cc(-c3cccc([N+](=O)[O-])c3)nc3ccc4ncccc4c23)cc1. The van der Waals surface area contributed by atoms with Crippen LogP contribution in [0.4, 0.5) is 11.4 Å². The van der Waals surface area contributed by atoms with Gasteiger partial charge in [-0.05, 0) is 47.5 Å². The van der Waals surface area contributed by atoms with Crippen LogP contribution in [-0.2, 0) is 0 Å². The number of nitro benzene ring substituents is 2. The Hall–Kier alpha value is -4.72. The Balaban J connectivity index is 1.82. The number of benzene rings is 3. The number of fused-ring (bicyclic) bond motifs is 3. The van der Waals surface area contributed by atoms with Crippen molar-refractivity contribution in [1.82, 2.24) is 9.97 Å². The Kier molecular flexibility index (Phi) is 4.52. The van der Waals surface area contributed by atoms with Gasteiger partial charge in [-0.3, -0.25) is 25.2 Å². The molecule has 0 atom stereocenters. The Bertz CT molecular complexity index is 1530. The topological polar surface area (TPSA) is 112 Å². The summed E-state index contributed by atoms with van der Waals surface area (Å²) in [6.07, 6.45) is 1.71. The quantitative estimate of drug-likeness (QED) is 0.201. The highest BCUT2D eigenvalue weighted by Crippen LogP contribution is 2.37. The third-order valence-corrected chi connectivity index (χ3v) is 5.30. The lowest BCUT2D eigenvalue weighted by Gasteiger charge is -2.12. The lowest BCUT2D eigenvalue weighted by molar-refractivity contribution is -0.385. The highest BCUT2D eigenvalue weighted by atomic mass is 16.6. The fourth-order valence-electron chi connectivity index (χ4n) is 3.81. The maximum absolute atomic E-state index is 11.2. The number of pyridine rings is 2. The number of hydrogen-bond acceptors (Lipinski definition) is 6. The van der Waals surface area contributed by atoms with Crippen molar-refractivity contribution in [2.75, 3.05) is 0 Å². The van der Waals surface area contributed by atoms with Crippen molar-refractivity contribution in [1.29, 1.82) is 0 Å². The molecule has 0 bridgehead atoms. The monoisotopic (exact) mass is 422 g/mol. The lowest BCUT2D eigenvalue weighted by Crippen LogP contribution is -1.94. The van der Waals surface area contributed by atoms with Crippen LogP contribution in [0.15, 0.2) is 85.1 Å². The molecule has 5 rings (SSSR count). The smallest absolute Gasteiger partial charge is 0.258 e. The van der Waals surface area contributed by atoms with Gasteiger partial charge in [-0.1, -0.05) is 18.2 Å².